The number of aromatic nitrogens is 2. The third-order valence-electron chi connectivity index (χ3n) is 4.76. The largest absolute Gasteiger partial charge is 0.291 e. The van der Waals surface area contributed by atoms with E-state index in [1.807, 2.05) is 13.8 Å². The number of halogens is 1. The zero-order chi connectivity index (χ0) is 15.6. The van der Waals surface area contributed by atoms with Crippen LogP contribution in [0.1, 0.15) is 69.9 Å². The van der Waals surface area contributed by atoms with E-state index in [1.165, 1.54) is 12.8 Å². The minimum atomic E-state index is -0.438. The maximum atomic E-state index is 13.3. The van der Waals surface area contributed by atoms with E-state index < -0.39 is 5.54 Å². The molecule has 1 aromatic heterocycles. The van der Waals surface area contributed by atoms with Crippen molar-refractivity contribution in [1.82, 2.24) is 14.7 Å². The standard InChI is InChI=1S/C16H26ClN3O/c1-5-16(6-2,19-9-7-8-10-19)15(21)14-13(17)11-18-20(14)12(3)4/h11-12H,5-10H2,1-4H3. The van der Waals surface area contributed by atoms with E-state index in [9.17, 15) is 4.79 Å². The highest BCUT2D eigenvalue weighted by atomic mass is 35.5. The van der Waals surface area contributed by atoms with E-state index in [0.717, 1.165) is 25.9 Å². The summed E-state index contributed by atoms with van der Waals surface area (Å²) in [4.78, 5) is 15.7. The second-order valence-corrected chi connectivity index (χ2v) is 6.55. The Kier molecular flexibility index (Phi) is 5.10. The number of hydrogen-bond donors (Lipinski definition) is 0. The first-order valence-electron chi connectivity index (χ1n) is 8.00. The first kappa shape index (κ1) is 16.5. The molecule has 0 atom stereocenters. The summed E-state index contributed by atoms with van der Waals surface area (Å²) in [6.07, 6.45) is 5.55. The Bertz CT molecular complexity index is 500. The Morgan fingerprint density at radius 2 is 1.90 bits per heavy atom. The Morgan fingerprint density at radius 3 is 2.38 bits per heavy atom. The SMILES string of the molecule is CCC(CC)(C(=O)c1c(Cl)cnn1C(C)C)N1CCCC1. The molecular weight excluding hydrogens is 286 g/mol. The molecule has 4 nitrogen and oxygen atoms in total. The van der Waals surface area contributed by atoms with Gasteiger partial charge >= 0.3 is 0 Å². The van der Waals surface area contributed by atoms with E-state index in [-0.39, 0.29) is 11.8 Å². The minimum Gasteiger partial charge on any atom is -0.291 e. The van der Waals surface area contributed by atoms with Crippen LogP contribution in [-0.2, 0) is 0 Å². The quantitative estimate of drug-likeness (QED) is 0.746. The number of likely N-dealkylation sites (tertiary alicyclic amines) is 1. The summed E-state index contributed by atoms with van der Waals surface area (Å²) in [6.45, 7) is 10.3. The molecule has 0 spiro atoms. The first-order valence-corrected chi connectivity index (χ1v) is 8.38. The van der Waals surface area contributed by atoms with Crippen molar-refractivity contribution in [3.8, 4) is 0 Å². The first-order chi connectivity index (χ1) is 9.97. The number of Topliss-reactive ketones (excluding diaryl/α,β-unsaturated/α-hetero) is 1. The van der Waals surface area contributed by atoms with Gasteiger partial charge in [-0.1, -0.05) is 25.4 Å². The third-order valence-corrected chi connectivity index (χ3v) is 5.04. The van der Waals surface area contributed by atoms with Crippen LogP contribution in [0, 0.1) is 0 Å². The Hall–Kier alpha value is -0.870. The number of nitrogens with zero attached hydrogens (tertiary/aromatic N) is 3. The van der Waals surface area contributed by atoms with Crippen LogP contribution >= 0.6 is 11.6 Å². The van der Waals surface area contributed by atoms with Gasteiger partial charge in [-0.25, -0.2) is 0 Å². The van der Waals surface area contributed by atoms with Crippen molar-refractivity contribution in [2.45, 2.75) is 65.0 Å². The van der Waals surface area contributed by atoms with Crippen LogP contribution in [0.3, 0.4) is 0 Å². The van der Waals surface area contributed by atoms with Crippen molar-refractivity contribution in [1.29, 1.82) is 0 Å². The maximum Gasteiger partial charge on any atom is 0.202 e. The molecule has 118 valence electrons. The molecule has 5 heteroatoms. The highest BCUT2D eigenvalue weighted by Crippen LogP contribution is 2.34. The van der Waals surface area contributed by atoms with Crippen LogP contribution < -0.4 is 0 Å². The van der Waals surface area contributed by atoms with E-state index in [4.69, 9.17) is 11.6 Å². The van der Waals surface area contributed by atoms with E-state index in [0.29, 0.717) is 10.7 Å². The summed E-state index contributed by atoms with van der Waals surface area (Å²) in [6, 6.07) is 0.126. The van der Waals surface area contributed by atoms with Gasteiger partial charge in [-0.3, -0.25) is 14.4 Å². The summed E-state index contributed by atoms with van der Waals surface area (Å²) >= 11 is 6.29. The van der Waals surface area contributed by atoms with Crippen molar-refractivity contribution < 1.29 is 4.79 Å². The molecule has 0 unspecified atom stereocenters. The van der Waals surface area contributed by atoms with Crippen molar-refractivity contribution >= 4 is 17.4 Å². The predicted octanol–water partition coefficient (Wildman–Crippen LogP) is 3.95. The molecule has 1 saturated heterocycles. The van der Waals surface area contributed by atoms with Crippen LogP contribution in [-0.4, -0.2) is 39.1 Å². The van der Waals surface area contributed by atoms with Gasteiger partial charge in [-0.05, 0) is 52.6 Å². The fourth-order valence-corrected chi connectivity index (χ4v) is 3.69. The summed E-state index contributed by atoms with van der Waals surface area (Å²) in [5.41, 5.74) is 0.134. The number of carbonyl (C=O) groups is 1. The molecule has 0 amide bonds. The second-order valence-electron chi connectivity index (χ2n) is 6.14. The Balaban J connectivity index is 2.46. The molecule has 0 N–H and O–H groups in total. The van der Waals surface area contributed by atoms with Crippen LogP contribution in [0.4, 0.5) is 0 Å². The molecule has 21 heavy (non-hydrogen) atoms. The number of rotatable bonds is 6. The van der Waals surface area contributed by atoms with Crippen molar-refractivity contribution in [3.05, 3.63) is 16.9 Å². The van der Waals surface area contributed by atoms with Crippen molar-refractivity contribution in [2.24, 2.45) is 0 Å². The number of ketones is 1. The molecule has 0 aliphatic carbocycles. The van der Waals surface area contributed by atoms with Gasteiger partial charge in [-0.2, -0.15) is 5.10 Å². The molecule has 2 rings (SSSR count). The van der Waals surface area contributed by atoms with Crippen molar-refractivity contribution in [2.75, 3.05) is 13.1 Å². The smallest absolute Gasteiger partial charge is 0.202 e. The lowest BCUT2D eigenvalue weighted by Gasteiger charge is -2.39. The Labute approximate surface area is 132 Å². The van der Waals surface area contributed by atoms with Crippen LogP contribution in [0.25, 0.3) is 0 Å². The van der Waals surface area contributed by atoms with Gasteiger partial charge in [0.2, 0.25) is 5.78 Å². The van der Waals surface area contributed by atoms with Crippen molar-refractivity contribution in [3.63, 3.8) is 0 Å². The second kappa shape index (κ2) is 6.49. The van der Waals surface area contributed by atoms with Gasteiger partial charge < -0.3 is 0 Å². The van der Waals surface area contributed by atoms with E-state index in [1.54, 1.807) is 10.9 Å². The average Bonchev–Trinajstić information content (AvgIpc) is 3.10. The fourth-order valence-electron chi connectivity index (χ4n) is 3.47. The molecule has 0 saturated carbocycles. The molecule has 1 aromatic rings. The molecule has 0 radical (unpaired) electrons. The number of hydrogen-bond acceptors (Lipinski definition) is 3. The van der Waals surface area contributed by atoms with Crippen LogP contribution in [0.2, 0.25) is 5.02 Å². The predicted molar refractivity (Wildman–Crippen MR) is 86.1 cm³/mol. The highest BCUT2D eigenvalue weighted by molar-refractivity contribution is 6.34. The van der Waals surface area contributed by atoms with Gasteiger partial charge in [0.15, 0.2) is 0 Å². The molecule has 0 bridgehead atoms. The summed E-state index contributed by atoms with van der Waals surface area (Å²) in [5, 5.41) is 4.76. The van der Waals surface area contributed by atoms with E-state index >= 15 is 0 Å². The van der Waals surface area contributed by atoms with Crippen LogP contribution in [0.5, 0.6) is 0 Å². The van der Waals surface area contributed by atoms with Gasteiger partial charge in [0.05, 0.1) is 16.8 Å². The fraction of sp³-hybridized carbons (Fsp3) is 0.750. The molecule has 1 aliphatic heterocycles. The van der Waals surface area contributed by atoms with Crippen LogP contribution in [0.15, 0.2) is 6.20 Å². The monoisotopic (exact) mass is 311 g/mol. The minimum absolute atomic E-state index is 0.126. The lowest BCUT2D eigenvalue weighted by molar-refractivity contribution is 0.0568. The zero-order valence-corrected chi connectivity index (χ0v) is 14.3. The normalized spacial score (nSPS) is 16.9. The summed E-state index contributed by atoms with van der Waals surface area (Å²) in [7, 11) is 0. The van der Waals surface area contributed by atoms with E-state index in [2.05, 4.69) is 23.8 Å². The number of carbonyl (C=O) groups excluding carboxylic acids is 1. The Morgan fingerprint density at radius 1 is 1.33 bits per heavy atom. The van der Waals surface area contributed by atoms with Gasteiger partial charge in [-0.15, -0.1) is 0 Å². The zero-order valence-electron chi connectivity index (χ0n) is 13.5. The summed E-state index contributed by atoms with van der Waals surface area (Å²) < 4.78 is 1.76. The third kappa shape index (κ3) is 2.76. The molecule has 1 fully saturated rings. The maximum absolute atomic E-state index is 13.3. The average molecular weight is 312 g/mol. The van der Waals surface area contributed by atoms with Gasteiger partial charge in [0, 0.05) is 6.04 Å². The van der Waals surface area contributed by atoms with Gasteiger partial charge in [0.1, 0.15) is 5.69 Å². The summed E-state index contributed by atoms with van der Waals surface area (Å²) in [5.74, 6) is 0.130. The lowest BCUT2D eigenvalue weighted by atomic mass is 9.84. The molecule has 0 aromatic carbocycles. The molecular formula is C16H26ClN3O. The molecule has 2 heterocycles. The topological polar surface area (TPSA) is 38.1 Å². The molecule has 1 aliphatic rings. The lowest BCUT2D eigenvalue weighted by Crippen LogP contribution is -2.53. The van der Waals surface area contributed by atoms with Gasteiger partial charge in [0.25, 0.3) is 0 Å². The highest BCUT2D eigenvalue weighted by Gasteiger charge is 2.44.